The molecule has 2 rings (SSSR count). The van der Waals surface area contributed by atoms with Crippen molar-refractivity contribution in [3.63, 3.8) is 0 Å². The van der Waals surface area contributed by atoms with Gasteiger partial charge in [0, 0.05) is 17.8 Å². The summed E-state index contributed by atoms with van der Waals surface area (Å²) in [5, 5.41) is 13.3. The predicted molar refractivity (Wildman–Crippen MR) is 104 cm³/mol. The molecule has 8 nitrogen and oxygen atoms in total. The topological polar surface area (TPSA) is 108 Å². The predicted octanol–water partition coefficient (Wildman–Crippen LogP) is 3.39. The zero-order chi connectivity index (χ0) is 20.8. The highest BCUT2D eigenvalue weighted by Gasteiger charge is 2.13. The molecule has 0 saturated heterocycles. The standard InChI is InChI=1S/C20H22N2O6/c1-12-7-14(3)20(15(4)8-12)28-11-19(24)27-10-18(23)21-17-6-5-16(22(25)26)9-13(17)2/h5-9H,10-11H2,1-4H3,(H,21,23). The van der Waals surface area contributed by atoms with Gasteiger partial charge in [-0.1, -0.05) is 17.7 Å². The van der Waals surface area contributed by atoms with E-state index in [2.05, 4.69) is 5.32 Å². The average Bonchev–Trinajstić information content (AvgIpc) is 2.60. The first-order chi connectivity index (χ1) is 13.2. The molecular formula is C20H22N2O6. The largest absolute Gasteiger partial charge is 0.481 e. The van der Waals surface area contributed by atoms with E-state index in [1.165, 1.54) is 18.2 Å². The zero-order valence-electron chi connectivity index (χ0n) is 16.2. The van der Waals surface area contributed by atoms with Crippen LogP contribution in [-0.4, -0.2) is 30.0 Å². The number of non-ortho nitro benzene ring substituents is 1. The van der Waals surface area contributed by atoms with Crippen molar-refractivity contribution in [1.82, 2.24) is 0 Å². The summed E-state index contributed by atoms with van der Waals surface area (Å²) < 4.78 is 10.4. The molecule has 0 heterocycles. The van der Waals surface area contributed by atoms with Crippen molar-refractivity contribution in [3.8, 4) is 5.75 Å². The minimum atomic E-state index is -0.671. The third kappa shape index (κ3) is 5.54. The van der Waals surface area contributed by atoms with E-state index in [0.717, 1.165) is 16.7 Å². The van der Waals surface area contributed by atoms with Gasteiger partial charge in [0.25, 0.3) is 11.6 Å². The number of nitrogens with one attached hydrogen (secondary N) is 1. The van der Waals surface area contributed by atoms with Crippen molar-refractivity contribution in [3.05, 3.63) is 62.7 Å². The molecule has 8 heteroatoms. The molecule has 1 N–H and O–H groups in total. The number of nitro groups is 1. The molecule has 148 valence electrons. The van der Waals surface area contributed by atoms with Crippen LogP contribution in [0.3, 0.4) is 0 Å². The Morgan fingerprint density at radius 2 is 1.64 bits per heavy atom. The number of carbonyl (C=O) groups excluding carboxylic acids is 2. The van der Waals surface area contributed by atoms with Crippen LogP contribution in [0.15, 0.2) is 30.3 Å². The fraction of sp³-hybridized carbons (Fsp3) is 0.300. The first-order valence-electron chi connectivity index (χ1n) is 8.58. The van der Waals surface area contributed by atoms with Crippen molar-refractivity contribution in [2.45, 2.75) is 27.7 Å². The highest BCUT2D eigenvalue weighted by molar-refractivity contribution is 5.93. The van der Waals surface area contributed by atoms with Crippen LogP contribution in [0.4, 0.5) is 11.4 Å². The molecular weight excluding hydrogens is 364 g/mol. The first-order valence-corrected chi connectivity index (χ1v) is 8.58. The lowest BCUT2D eigenvalue weighted by Gasteiger charge is -2.13. The Labute approximate surface area is 162 Å². The number of aryl methyl sites for hydroxylation is 4. The van der Waals surface area contributed by atoms with Gasteiger partial charge in [-0.2, -0.15) is 0 Å². The maximum Gasteiger partial charge on any atom is 0.344 e. The number of carbonyl (C=O) groups is 2. The Bertz CT molecular complexity index is 900. The number of rotatable bonds is 7. The zero-order valence-corrected chi connectivity index (χ0v) is 16.2. The fourth-order valence-corrected chi connectivity index (χ4v) is 2.80. The number of benzene rings is 2. The van der Waals surface area contributed by atoms with Crippen LogP contribution < -0.4 is 10.1 Å². The second kappa shape index (κ2) is 8.98. The van der Waals surface area contributed by atoms with Gasteiger partial charge in [-0.15, -0.1) is 0 Å². The number of ether oxygens (including phenoxy) is 2. The summed E-state index contributed by atoms with van der Waals surface area (Å²) in [5.41, 5.74) is 3.80. The molecule has 0 aliphatic rings. The summed E-state index contributed by atoms with van der Waals surface area (Å²) in [5.74, 6) is -0.601. The molecule has 0 saturated carbocycles. The summed E-state index contributed by atoms with van der Waals surface area (Å²) in [6.07, 6.45) is 0. The van der Waals surface area contributed by atoms with E-state index in [-0.39, 0.29) is 12.3 Å². The molecule has 0 atom stereocenters. The SMILES string of the molecule is Cc1cc(C)c(OCC(=O)OCC(=O)Nc2ccc([N+](=O)[O-])cc2C)c(C)c1. The summed E-state index contributed by atoms with van der Waals surface area (Å²) >= 11 is 0. The lowest BCUT2D eigenvalue weighted by molar-refractivity contribution is -0.384. The Kier molecular flexibility index (Phi) is 6.70. The van der Waals surface area contributed by atoms with Crippen LogP contribution in [0.1, 0.15) is 22.3 Å². The van der Waals surface area contributed by atoms with E-state index in [1.54, 1.807) is 6.92 Å². The van der Waals surface area contributed by atoms with Crippen LogP contribution in [0.25, 0.3) is 0 Å². The number of nitro benzene ring substituents is 1. The van der Waals surface area contributed by atoms with Gasteiger partial charge in [0.15, 0.2) is 13.2 Å². The number of hydrogen-bond acceptors (Lipinski definition) is 6. The van der Waals surface area contributed by atoms with E-state index in [1.807, 2.05) is 32.9 Å². The van der Waals surface area contributed by atoms with E-state index < -0.39 is 23.4 Å². The summed E-state index contributed by atoms with van der Waals surface area (Å²) in [6, 6.07) is 7.97. The van der Waals surface area contributed by atoms with E-state index in [4.69, 9.17) is 9.47 Å². The Morgan fingerprint density at radius 3 is 2.21 bits per heavy atom. The molecule has 2 aromatic rings. The highest BCUT2D eigenvalue weighted by atomic mass is 16.6. The Morgan fingerprint density at radius 1 is 1.00 bits per heavy atom. The van der Waals surface area contributed by atoms with Gasteiger partial charge in [-0.25, -0.2) is 4.79 Å². The smallest absolute Gasteiger partial charge is 0.344 e. The number of amides is 1. The Hall–Kier alpha value is -3.42. The third-order valence-electron chi connectivity index (χ3n) is 4.00. The van der Waals surface area contributed by atoms with E-state index >= 15 is 0 Å². The molecule has 28 heavy (non-hydrogen) atoms. The maximum atomic E-state index is 11.9. The molecule has 0 unspecified atom stereocenters. The van der Waals surface area contributed by atoms with Gasteiger partial charge in [-0.3, -0.25) is 14.9 Å². The van der Waals surface area contributed by atoms with Gasteiger partial charge in [0.1, 0.15) is 5.75 Å². The molecule has 0 bridgehead atoms. The molecule has 1 amide bonds. The minimum absolute atomic E-state index is 0.0687. The van der Waals surface area contributed by atoms with Crippen molar-refractivity contribution >= 4 is 23.3 Å². The normalized spacial score (nSPS) is 10.3. The lowest BCUT2D eigenvalue weighted by atomic mass is 10.1. The molecule has 0 aliphatic carbocycles. The molecule has 2 aromatic carbocycles. The van der Waals surface area contributed by atoms with Crippen molar-refractivity contribution in [2.24, 2.45) is 0 Å². The number of nitrogens with zero attached hydrogens (tertiary/aromatic N) is 1. The monoisotopic (exact) mass is 386 g/mol. The molecule has 0 fully saturated rings. The van der Waals surface area contributed by atoms with Gasteiger partial charge in [0.2, 0.25) is 0 Å². The van der Waals surface area contributed by atoms with Gasteiger partial charge < -0.3 is 14.8 Å². The minimum Gasteiger partial charge on any atom is -0.481 e. The Balaban J connectivity index is 1.84. The number of hydrogen-bond donors (Lipinski definition) is 1. The highest BCUT2D eigenvalue weighted by Crippen LogP contribution is 2.24. The fourth-order valence-electron chi connectivity index (χ4n) is 2.80. The van der Waals surface area contributed by atoms with Crippen LogP contribution in [0, 0.1) is 37.8 Å². The average molecular weight is 386 g/mol. The maximum absolute atomic E-state index is 11.9. The van der Waals surface area contributed by atoms with Crippen LogP contribution in [-0.2, 0) is 14.3 Å². The lowest BCUT2D eigenvalue weighted by Crippen LogP contribution is -2.24. The van der Waals surface area contributed by atoms with Crippen molar-refractivity contribution < 1.29 is 24.0 Å². The third-order valence-corrected chi connectivity index (χ3v) is 4.00. The second-order valence-electron chi connectivity index (χ2n) is 6.48. The van der Waals surface area contributed by atoms with Crippen LogP contribution in [0.2, 0.25) is 0 Å². The van der Waals surface area contributed by atoms with Crippen molar-refractivity contribution in [1.29, 1.82) is 0 Å². The van der Waals surface area contributed by atoms with Crippen LogP contribution >= 0.6 is 0 Å². The quantitative estimate of drug-likeness (QED) is 0.444. The van der Waals surface area contributed by atoms with E-state index in [0.29, 0.717) is 17.0 Å². The van der Waals surface area contributed by atoms with Gasteiger partial charge in [0.05, 0.1) is 4.92 Å². The summed E-state index contributed by atoms with van der Waals surface area (Å²) in [4.78, 5) is 34.0. The molecule has 0 spiro atoms. The molecule has 0 aliphatic heterocycles. The van der Waals surface area contributed by atoms with E-state index in [9.17, 15) is 19.7 Å². The second-order valence-corrected chi connectivity index (χ2v) is 6.48. The number of esters is 1. The first kappa shape index (κ1) is 20.9. The summed E-state index contributed by atoms with van der Waals surface area (Å²) in [6.45, 7) is 6.60. The molecule has 0 radical (unpaired) electrons. The van der Waals surface area contributed by atoms with Gasteiger partial charge >= 0.3 is 5.97 Å². The van der Waals surface area contributed by atoms with Crippen molar-refractivity contribution in [2.75, 3.05) is 18.5 Å². The number of anilines is 1. The van der Waals surface area contributed by atoms with Gasteiger partial charge in [-0.05, 0) is 50.5 Å². The van der Waals surface area contributed by atoms with Crippen LogP contribution in [0.5, 0.6) is 5.75 Å². The molecule has 0 aromatic heterocycles. The summed E-state index contributed by atoms with van der Waals surface area (Å²) in [7, 11) is 0.